The van der Waals surface area contributed by atoms with Crippen LogP contribution in [0.2, 0.25) is 0 Å². The Morgan fingerprint density at radius 2 is 1.14 bits per heavy atom. The molecule has 2 heteroatoms. The minimum atomic E-state index is 0.582. The van der Waals surface area contributed by atoms with Crippen LogP contribution in [0, 0.1) is 0 Å². The molecule has 0 unspecified atom stereocenters. The Hall–Kier alpha value is -3.26. The Bertz CT molecular complexity index is 1070. The van der Waals surface area contributed by atoms with Gasteiger partial charge in [0.05, 0.1) is 0 Å². The van der Waals surface area contributed by atoms with Crippen molar-refractivity contribution in [1.29, 1.82) is 0 Å². The fraction of sp³-hybridized carbons (Fsp3) is 0.333. The van der Waals surface area contributed by atoms with E-state index >= 15 is 0 Å². The number of hydrogen-bond acceptors (Lipinski definition) is 2. The molecule has 0 saturated carbocycles. The standard InChI is InChI=1S/C33H39NO/c1-2-7-11-18-24-34-32-25-30(29-21-15-8-4-3-5-9-16-22-29)26-33(31(32)23-17-10-6-1)35-27-28-19-13-12-14-20-28/h3-5,8-9,12-16,19-22,25-26,34H,1-2,6-7,10-11,17-18,23-24,27H2. The molecule has 1 heterocycles. The zero-order valence-corrected chi connectivity index (χ0v) is 20.9. The molecule has 35 heavy (non-hydrogen) atoms. The van der Waals surface area contributed by atoms with E-state index in [1.54, 1.807) is 0 Å². The van der Waals surface area contributed by atoms with Crippen LogP contribution in [0.5, 0.6) is 5.75 Å². The number of nitrogens with one attached hydrogen (secondary N) is 1. The van der Waals surface area contributed by atoms with Gasteiger partial charge in [-0.25, -0.2) is 0 Å². The molecule has 0 saturated heterocycles. The summed E-state index contributed by atoms with van der Waals surface area (Å²) in [7, 11) is 0. The van der Waals surface area contributed by atoms with E-state index in [0.717, 1.165) is 18.7 Å². The molecule has 0 amide bonds. The molecule has 2 nitrogen and oxygen atoms in total. The van der Waals surface area contributed by atoms with Gasteiger partial charge in [-0.1, -0.05) is 123 Å². The predicted molar refractivity (Wildman–Crippen MR) is 149 cm³/mol. The van der Waals surface area contributed by atoms with E-state index in [2.05, 4.69) is 96.3 Å². The lowest BCUT2D eigenvalue weighted by atomic mass is 9.97. The lowest BCUT2D eigenvalue weighted by Gasteiger charge is -2.19. The summed E-state index contributed by atoms with van der Waals surface area (Å²) in [6.07, 6.45) is 11.5. The molecule has 1 N–H and O–H groups in total. The van der Waals surface area contributed by atoms with E-state index in [1.807, 2.05) is 6.07 Å². The van der Waals surface area contributed by atoms with E-state index in [9.17, 15) is 0 Å². The van der Waals surface area contributed by atoms with Crippen molar-refractivity contribution in [3.63, 3.8) is 0 Å². The summed E-state index contributed by atoms with van der Waals surface area (Å²) in [5.41, 5.74) is 6.12. The molecule has 0 atom stereocenters. The van der Waals surface area contributed by atoms with Crippen LogP contribution in [0.4, 0.5) is 5.69 Å². The molecular formula is C33H39NO. The molecule has 0 aliphatic carbocycles. The van der Waals surface area contributed by atoms with Gasteiger partial charge in [-0.15, -0.1) is 0 Å². The monoisotopic (exact) mass is 465 g/mol. The smallest absolute Gasteiger partial charge is 0.125 e. The summed E-state index contributed by atoms with van der Waals surface area (Å²) in [6.45, 7) is 1.59. The van der Waals surface area contributed by atoms with Gasteiger partial charge >= 0.3 is 0 Å². The first-order chi connectivity index (χ1) is 17.4. The largest absolute Gasteiger partial charge is 0.489 e. The van der Waals surface area contributed by atoms with Crippen molar-refractivity contribution >= 4 is 5.69 Å². The average molecular weight is 466 g/mol. The third kappa shape index (κ3) is 8.17. The Morgan fingerprint density at radius 1 is 0.571 bits per heavy atom. The summed E-state index contributed by atoms with van der Waals surface area (Å²) >= 11 is 0. The van der Waals surface area contributed by atoms with Crippen LogP contribution in [0.1, 0.15) is 62.5 Å². The van der Waals surface area contributed by atoms with Crippen LogP contribution >= 0.6 is 0 Å². The molecule has 0 bridgehead atoms. The minimum Gasteiger partial charge on any atom is -0.489 e. The fourth-order valence-electron chi connectivity index (χ4n) is 4.69. The fourth-order valence-corrected chi connectivity index (χ4v) is 4.69. The summed E-state index contributed by atoms with van der Waals surface area (Å²) < 4.78 is 6.54. The normalized spacial score (nSPS) is 14.6. The first-order valence-electron chi connectivity index (χ1n) is 13.4. The van der Waals surface area contributed by atoms with Gasteiger partial charge in [-0.3, -0.25) is 0 Å². The van der Waals surface area contributed by atoms with Gasteiger partial charge in [0, 0.05) is 17.8 Å². The van der Waals surface area contributed by atoms with Crippen molar-refractivity contribution in [3.05, 3.63) is 108 Å². The maximum atomic E-state index is 6.54. The van der Waals surface area contributed by atoms with E-state index in [1.165, 1.54) is 79.3 Å². The van der Waals surface area contributed by atoms with Gasteiger partial charge in [-0.05, 0) is 48.1 Å². The number of benzene rings is 2. The zero-order chi connectivity index (χ0) is 24.0. The lowest BCUT2D eigenvalue weighted by Crippen LogP contribution is -2.07. The second-order valence-electron chi connectivity index (χ2n) is 9.42. The molecule has 0 fully saturated rings. The molecule has 0 radical (unpaired) electrons. The highest BCUT2D eigenvalue weighted by Gasteiger charge is 2.14. The van der Waals surface area contributed by atoms with Crippen LogP contribution in [0.15, 0.2) is 97.1 Å². The Balaban J connectivity index is 1.72. The number of ether oxygens (including phenoxy) is 1. The minimum absolute atomic E-state index is 0.582. The summed E-state index contributed by atoms with van der Waals surface area (Å²) in [5.74, 6) is 1.01. The van der Waals surface area contributed by atoms with E-state index in [4.69, 9.17) is 4.74 Å². The highest BCUT2D eigenvalue weighted by Crippen LogP contribution is 2.35. The molecule has 3 aromatic rings. The molecule has 3 aromatic carbocycles. The Morgan fingerprint density at radius 3 is 1.86 bits per heavy atom. The average Bonchev–Trinajstić information content (AvgIpc) is 2.92. The number of hydrogen-bond donors (Lipinski definition) is 1. The highest BCUT2D eigenvalue weighted by molar-refractivity contribution is 5.73. The SMILES string of the molecule is c1ccccc(-c2cc3c(c(OCc4ccccc4)c2)CCCCCCCCCCN3)cccc1. The second-order valence-corrected chi connectivity index (χ2v) is 9.42. The van der Waals surface area contributed by atoms with Gasteiger partial charge in [0.15, 0.2) is 0 Å². The molecule has 182 valence electrons. The van der Waals surface area contributed by atoms with Crippen molar-refractivity contribution in [2.24, 2.45) is 0 Å². The zero-order valence-electron chi connectivity index (χ0n) is 20.9. The first kappa shape index (κ1) is 24.9. The molecule has 1 aliphatic rings. The summed E-state index contributed by atoms with van der Waals surface area (Å²) in [5, 5.41) is 3.80. The van der Waals surface area contributed by atoms with Gasteiger partial charge in [-0.2, -0.15) is 0 Å². The summed E-state index contributed by atoms with van der Waals surface area (Å²) in [6, 6.07) is 33.9. The van der Waals surface area contributed by atoms with Crippen LogP contribution in [-0.2, 0) is 13.0 Å². The van der Waals surface area contributed by atoms with Crippen LogP contribution in [-0.4, -0.2) is 6.54 Å². The molecule has 4 rings (SSSR count). The molecule has 0 aromatic heterocycles. The molecule has 1 aliphatic heterocycles. The van der Waals surface area contributed by atoms with Crippen molar-refractivity contribution in [2.45, 2.75) is 64.4 Å². The van der Waals surface area contributed by atoms with Crippen LogP contribution in [0.25, 0.3) is 11.1 Å². The summed E-state index contributed by atoms with van der Waals surface area (Å²) in [4.78, 5) is 0. The van der Waals surface area contributed by atoms with E-state index in [0.29, 0.717) is 6.61 Å². The third-order valence-corrected chi connectivity index (χ3v) is 6.67. The molecular weight excluding hydrogens is 426 g/mol. The maximum absolute atomic E-state index is 6.54. The second kappa shape index (κ2) is 14.2. The first-order valence-corrected chi connectivity index (χ1v) is 13.4. The molecule has 0 spiro atoms. The van der Waals surface area contributed by atoms with Gasteiger partial charge in [0.1, 0.15) is 12.4 Å². The predicted octanol–water partition coefficient (Wildman–Crippen LogP) is 9.15. The number of rotatable bonds is 4. The Kier molecular flexibility index (Phi) is 10.1. The van der Waals surface area contributed by atoms with Gasteiger partial charge < -0.3 is 10.1 Å². The van der Waals surface area contributed by atoms with Gasteiger partial charge in [0.2, 0.25) is 0 Å². The van der Waals surface area contributed by atoms with Crippen molar-refractivity contribution < 1.29 is 4.74 Å². The van der Waals surface area contributed by atoms with E-state index < -0.39 is 0 Å². The number of fused-ring (bicyclic) bond motifs is 1. The maximum Gasteiger partial charge on any atom is 0.125 e. The van der Waals surface area contributed by atoms with Gasteiger partial charge in [0.25, 0.3) is 0 Å². The number of anilines is 1. The third-order valence-electron chi connectivity index (χ3n) is 6.67. The topological polar surface area (TPSA) is 21.3 Å². The Labute approximate surface area is 211 Å². The van der Waals surface area contributed by atoms with E-state index in [-0.39, 0.29) is 0 Å². The van der Waals surface area contributed by atoms with Crippen molar-refractivity contribution in [2.75, 3.05) is 11.9 Å². The van der Waals surface area contributed by atoms with Crippen molar-refractivity contribution in [3.8, 4) is 16.9 Å². The van der Waals surface area contributed by atoms with Crippen LogP contribution < -0.4 is 10.1 Å². The highest BCUT2D eigenvalue weighted by atomic mass is 16.5. The van der Waals surface area contributed by atoms with Crippen LogP contribution in [0.3, 0.4) is 0 Å². The lowest BCUT2D eigenvalue weighted by molar-refractivity contribution is 0.303. The van der Waals surface area contributed by atoms with Crippen molar-refractivity contribution in [1.82, 2.24) is 0 Å². The quantitative estimate of drug-likeness (QED) is 0.415.